The maximum atomic E-state index is 12.9. The van der Waals surface area contributed by atoms with Gasteiger partial charge < -0.3 is 0 Å². The molecule has 0 spiro atoms. The van der Waals surface area contributed by atoms with E-state index in [0.29, 0.717) is 5.69 Å². The molecule has 1 aliphatic rings. The van der Waals surface area contributed by atoms with Gasteiger partial charge >= 0.3 is 0 Å². The second-order valence-electron chi connectivity index (χ2n) is 6.88. The highest BCUT2D eigenvalue weighted by atomic mass is 35.5. The fourth-order valence-electron chi connectivity index (χ4n) is 3.13. The number of nitrogens with zero attached hydrogens (tertiary/aromatic N) is 3. The largest absolute Gasteiger partial charge is 0.288 e. The van der Waals surface area contributed by atoms with Gasteiger partial charge in [0.2, 0.25) is 11.8 Å². The molecule has 0 aliphatic carbocycles. The van der Waals surface area contributed by atoms with Crippen LogP contribution in [0.3, 0.4) is 0 Å². The van der Waals surface area contributed by atoms with Crippen molar-refractivity contribution in [1.29, 1.82) is 0 Å². The van der Waals surface area contributed by atoms with E-state index in [4.69, 9.17) is 11.6 Å². The topological polar surface area (TPSA) is 130 Å². The van der Waals surface area contributed by atoms with E-state index < -0.39 is 40.3 Å². The number of nitrogens with one attached hydrogen (secondary N) is 1. The molecule has 4 amide bonds. The Morgan fingerprint density at radius 2 is 1.84 bits per heavy atom. The maximum Gasteiger partial charge on any atom is 0.288 e. The normalized spacial score (nSPS) is 15.7. The highest BCUT2D eigenvalue weighted by Gasteiger charge is 2.44. The van der Waals surface area contributed by atoms with Gasteiger partial charge in [-0.3, -0.25) is 34.7 Å². The van der Waals surface area contributed by atoms with Gasteiger partial charge in [-0.15, -0.1) is 0 Å². The molecule has 31 heavy (non-hydrogen) atoms. The van der Waals surface area contributed by atoms with E-state index in [9.17, 15) is 29.3 Å². The molecular weight excluding hydrogens is 428 g/mol. The van der Waals surface area contributed by atoms with Crippen molar-refractivity contribution in [1.82, 2.24) is 10.4 Å². The van der Waals surface area contributed by atoms with Gasteiger partial charge in [0.1, 0.15) is 11.1 Å². The van der Waals surface area contributed by atoms with Crippen LogP contribution in [0.5, 0.6) is 0 Å². The van der Waals surface area contributed by atoms with Gasteiger partial charge in [-0.25, -0.2) is 9.91 Å². The average Bonchev–Trinajstić information content (AvgIpc) is 3.00. The Bertz CT molecular complexity index is 1100. The SMILES string of the molecule is CC(=O)N(NC(=O)c1ccc(Cl)c([N+](=O)[O-])c1)C1CC(=O)N(c2ccc(C)cc2)C1=O. The molecule has 2 aromatic rings. The Kier molecular flexibility index (Phi) is 6.02. The minimum absolute atomic E-state index is 0.144. The van der Waals surface area contributed by atoms with Gasteiger partial charge in [-0.05, 0) is 31.2 Å². The van der Waals surface area contributed by atoms with E-state index in [2.05, 4.69) is 5.43 Å². The zero-order chi connectivity index (χ0) is 22.9. The number of amides is 4. The Morgan fingerprint density at radius 3 is 2.42 bits per heavy atom. The molecule has 10 nitrogen and oxygen atoms in total. The molecule has 1 fully saturated rings. The second kappa shape index (κ2) is 8.52. The molecule has 0 radical (unpaired) electrons. The van der Waals surface area contributed by atoms with Crippen molar-refractivity contribution in [2.45, 2.75) is 26.3 Å². The van der Waals surface area contributed by atoms with Crippen LogP contribution in [-0.4, -0.2) is 39.6 Å². The molecular formula is C20H17ClN4O6. The molecule has 1 unspecified atom stereocenters. The molecule has 3 rings (SSSR count). The summed E-state index contributed by atoms with van der Waals surface area (Å²) in [6, 6.07) is 8.81. The fraction of sp³-hybridized carbons (Fsp3) is 0.200. The minimum Gasteiger partial charge on any atom is -0.274 e. The predicted octanol–water partition coefficient (Wildman–Crippen LogP) is 2.38. The van der Waals surface area contributed by atoms with Crippen LogP contribution in [0.25, 0.3) is 0 Å². The van der Waals surface area contributed by atoms with Crippen LogP contribution in [0, 0.1) is 17.0 Å². The first-order valence-electron chi connectivity index (χ1n) is 9.08. The molecule has 2 aromatic carbocycles. The number of rotatable bonds is 4. The Labute approximate surface area is 181 Å². The molecule has 1 N–H and O–H groups in total. The maximum absolute atomic E-state index is 12.9. The Hall–Kier alpha value is -3.79. The van der Waals surface area contributed by atoms with Crippen molar-refractivity contribution in [2.24, 2.45) is 0 Å². The van der Waals surface area contributed by atoms with Gasteiger partial charge in [0.05, 0.1) is 17.0 Å². The number of benzene rings is 2. The molecule has 1 atom stereocenters. The molecule has 160 valence electrons. The van der Waals surface area contributed by atoms with Crippen molar-refractivity contribution < 1.29 is 24.1 Å². The highest BCUT2D eigenvalue weighted by molar-refractivity contribution is 6.32. The lowest BCUT2D eigenvalue weighted by Gasteiger charge is -2.26. The zero-order valence-corrected chi connectivity index (χ0v) is 17.3. The van der Waals surface area contributed by atoms with E-state index >= 15 is 0 Å². The fourth-order valence-corrected chi connectivity index (χ4v) is 3.31. The summed E-state index contributed by atoms with van der Waals surface area (Å²) in [5.74, 6) is -2.76. The first-order valence-corrected chi connectivity index (χ1v) is 9.46. The van der Waals surface area contributed by atoms with Crippen molar-refractivity contribution >= 4 is 46.6 Å². The summed E-state index contributed by atoms with van der Waals surface area (Å²) in [5.41, 5.74) is 2.94. The molecule has 11 heteroatoms. The number of anilines is 1. The first kappa shape index (κ1) is 21.9. The number of hydrogen-bond acceptors (Lipinski definition) is 6. The number of nitro groups is 1. The molecule has 1 aliphatic heterocycles. The number of nitro benzene ring substituents is 1. The minimum atomic E-state index is -1.25. The standard InChI is InChI=1S/C20H17ClN4O6/c1-11-3-6-14(7-4-11)23-18(27)10-17(20(23)29)24(12(2)26)22-19(28)13-5-8-15(21)16(9-13)25(30)31/h3-9,17H,10H2,1-2H3,(H,22,28). The lowest BCUT2D eigenvalue weighted by molar-refractivity contribution is -0.384. The summed E-state index contributed by atoms with van der Waals surface area (Å²) in [4.78, 5) is 61.4. The van der Waals surface area contributed by atoms with Crippen LogP contribution >= 0.6 is 11.6 Å². The smallest absolute Gasteiger partial charge is 0.274 e. The van der Waals surface area contributed by atoms with Gasteiger partial charge in [0.15, 0.2) is 0 Å². The summed E-state index contributed by atoms with van der Waals surface area (Å²) >= 11 is 5.75. The van der Waals surface area contributed by atoms with Crippen LogP contribution in [0.1, 0.15) is 29.3 Å². The monoisotopic (exact) mass is 444 g/mol. The van der Waals surface area contributed by atoms with Crippen LogP contribution in [0.2, 0.25) is 5.02 Å². The van der Waals surface area contributed by atoms with E-state index in [1.54, 1.807) is 24.3 Å². The Morgan fingerprint density at radius 1 is 1.19 bits per heavy atom. The van der Waals surface area contributed by atoms with Gasteiger partial charge in [0, 0.05) is 18.6 Å². The number of halogens is 1. The lowest BCUT2D eigenvalue weighted by atomic mass is 10.2. The van der Waals surface area contributed by atoms with Crippen molar-refractivity contribution in [3.05, 3.63) is 68.7 Å². The summed E-state index contributed by atoms with van der Waals surface area (Å²) in [6.45, 7) is 2.98. The van der Waals surface area contributed by atoms with Gasteiger partial charge in [0.25, 0.3) is 17.5 Å². The summed E-state index contributed by atoms with van der Waals surface area (Å²) in [5, 5.41) is 11.6. The van der Waals surface area contributed by atoms with E-state index in [1.807, 2.05) is 6.92 Å². The van der Waals surface area contributed by atoms with Crippen LogP contribution in [0.15, 0.2) is 42.5 Å². The highest BCUT2D eigenvalue weighted by Crippen LogP contribution is 2.27. The van der Waals surface area contributed by atoms with Gasteiger partial charge in [-0.2, -0.15) is 0 Å². The summed E-state index contributed by atoms with van der Waals surface area (Å²) < 4.78 is 0. The van der Waals surface area contributed by atoms with Crippen molar-refractivity contribution in [2.75, 3.05) is 4.90 Å². The molecule has 1 heterocycles. The molecule has 0 saturated carbocycles. The zero-order valence-electron chi connectivity index (χ0n) is 16.5. The molecule has 0 bridgehead atoms. The summed E-state index contributed by atoms with van der Waals surface area (Å²) in [7, 11) is 0. The Balaban J connectivity index is 1.85. The van der Waals surface area contributed by atoms with E-state index in [0.717, 1.165) is 28.5 Å². The first-order chi connectivity index (χ1) is 14.6. The predicted molar refractivity (Wildman–Crippen MR) is 110 cm³/mol. The van der Waals surface area contributed by atoms with Gasteiger partial charge in [-0.1, -0.05) is 29.3 Å². The van der Waals surface area contributed by atoms with E-state index in [-0.39, 0.29) is 17.0 Å². The number of imide groups is 1. The number of hydrogen-bond donors (Lipinski definition) is 1. The van der Waals surface area contributed by atoms with Crippen molar-refractivity contribution in [3.63, 3.8) is 0 Å². The second-order valence-corrected chi connectivity index (χ2v) is 7.28. The molecule has 1 saturated heterocycles. The average molecular weight is 445 g/mol. The molecule has 0 aromatic heterocycles. The summed E-state index contributed by atoms with van der Waals surface area (Å²) in [6.07, 6.45) is -0.326. The van der Waals surface area contributed by atoms with Crippen LogP contribution in [0.4, 0.5) is 11.4 Å². The number of aryl methyl sites for hydroxylation is 1. The van der Waals surface area contributed by atoms with Crippen LogP contribution < -0.4 is 10.3 Å². The third kappa shape index (κ3) is 4.38. The third-order valence-electron chi connectivity index (χ3n) is 4.69. The lowest BCUT2D eigenvalue weighted by Crippen LogP contribution is -2.54. The van der Waals surface area contributed by atoms with Crippen molar-refractivity contribution in [3.8, 4) is 0 Å². The number of carbonyl (C=O) groups excluding carboxylic acids is 4. The van der Waals surface area contributed by atoms with Crippen LogP contribution in [-0.2, 0) is 14.4 Å². The number of carbonyl (C=O) groups is 4. The third-order valence-corrected chi connectivity index (χ3v) is 5.01. The quantitative estimate of drug-likeness (QED) is 0.437. The number of hydrazine groups is 1. The van der Waals surface area contributed by atoms with E-state index in [1.165, 1.54) is 12.1 Å².